The number of hydrogen-bond acceptors (Lipinski definition) is 6. The van der Waals surface area contributed by atoms with Gasteiger partial charge in [-0.2, -0.15) is 4.37 Å². The Hall–Kier alpha value is -1.34. The third-order valence-electron chi connectivity index (χ3n) is 2.95. The third kappa shape index (κ3) is 2.34. The fourth-order valence-electron chi connectivity index (χ4n) is 1.86. The number of likely N-dealkylation sites (N-methyl/N-ethyl adjacent to an activating group) is 1. The number of aromatic nitrogens is 1. The zero-order valence-corrected chi connectivity index (χ0v) is 10.9. The van der Waals surface area contributed by atoms with Crippen LogP contribution in [0.15, 0.2) is 0 Å². The summed E-state index contributed by atoms with van der Waals surface area (Å²) in [6, 6.07) is 0. The lowest BCUT2D eigenvalue weighted by atomic mass is 10.2. The van der Waals surface area contributed by atoms with Crippen molar-refractivity contribution in [2.75, 3.05) is 50.9 Å². The minimum atomic E-state index is -0.162. The van der Waals surface area contributed by atoms with Crippen molar-refractivity contribution in [2.24, 2.45) is 0 Å². The van der Waals surface area contributed by atoms with Crippen LogP contribution in [0.2, 0.25) is 0 Å². The first kappa shape index (κ1) is 12.1. The van der Waals surface area contributed by atoms with Crippen LogP contribution in [0.4, 0.5) is 10.8 Å². The quantitative estimate of drug-likeness (QED) is 0.768. The Balaban J connectivity index is 2.23. The fraction of sp³-hybridized carbons (Fsp3) is 0.600. The number of amides is 1. The van der Waals surface area contributed by atoms with Gasteiger partial charge in [0.1, 0.15) is 10.6 Å². The van der Waals surface area contributed by atoms with Crippen LogP contribution >= 0.6 is 11.5 Å². The van der Waals surface area contributed by atoms with Crippen LogP contribution in [0.3, 0.4) is 0 Å². The van der Waals surface area contributed by atoms with E-state index in [-0.39, 0.29) is 5.91 Å². The molecule has 1 saturated heterocycles. The van der Waals surface area contributed by atoms with Crippen molar-refractivity contribution in [2.45, 2.75) is 0 Å². The third-order valence-corrected chi connectivity index (χ3v) is 3.87. The summed E-state index contributed by atoms with van der Waals surface area (Å²) in [5, 5.41) is 3.49. The molecular weight excluding hydrogens is 238 g/mol. The highest BCUT2D eigenvalue weighted by atomic mass is 32.1. The minimum Gasteiger partial charge on any atom is -0.382 e. The molecule has 3 N–H and O–H groups in total. The second kappa shape index (κ2) is 4.89. The number of nitrogens with one attached hydrogen (secondary N) is 1. The zero-order chi connectivity index (χ0) is 12.4. The molecular formula is C10H17N5OS. The molecule has 7 heteroatoms. The second-order valence-corrected chi connectivity index (χ2v) is 4.87. The Kier molecular flexibility index (Phi) is 3.49. The Morgan fingerprint density at radius 1 is 1.41 bits per heavy atom. The second-order valence-electron chi connectivity index (χ2n) is 4.12. The molecule has 17 heavy (non-hydrogen) atoms. The van der Waals surface area contributed by atoms with Gasteiger partial charge in [-0.3, -0.25) is 4.79 Å². The molecule has 0 aromatic carbocycles. The van der Waals surface area contributed by atoms with E-state index in [1.165, 1.54) is 11.5 Å². The van der Waals surface area contributed by atoms with Gasteiger partial charge in [0, 0.05) is 33.2 Å². The molecule has 94 valence electrons. The van der Waals surface area contributed by atoms with Crippen molar-refractivity contribution in [1.29, 1.82) is 0 Å². The highest BCUT2D eigenvalue weighted by Gasteiger charge is 2.24. The van der Waals surface area contributed by atoms with Crippen LogP contribution in [-0.4, -0.2) is 55.5 Å². The molecule has 1 aliphatic rings. The van der Waals surface area contributed by atoms with Gasteiger partial charge >= 0.3 is 0 Å². The number of carbonyl (C=O) groups excluding carboxylic acids is 1. The summed E-state index contributed by atoms with van der Waals surface area (Å²) in [5.74, 6) is 0.161. The molecule has 6 nitrogen and oxygen atoms in total. The highest BCUT2D eigenvalue weighted by Crippen LogP contribution is 2.30. The van der Waals surface area contributed by atoms with Gasteiger partial charge in [0.2, 0.25) is 0 Å². The number of hydrogen-bond donors (Lipinski definition) is 2. The Morgan fingerprint density at radius 3 is 2.65 bits per heavy atom. The SMILES string of the molecule is CNC(=O)c1c(N)nsc1N1CCN(C)CC1. The number of carbonyl (C=O) groups is 1. The van der Waals surface area contributed by atoms with E-state index in [1.54, 1.807) is 7.05 Å². The molecule has 0 unspecified atom stereocenters. The van der Waals surface area contributed by atoms with Gasteiger partial charge in [-0.05, 0) is 18.6 Å². The molecule has 1 aromatic rings. The van der Waals surface area contributed by atoms with E-state index in [0.29, 0.717) is 11.4 Å². The lowest BCUT2D eigenvalue weighted by Gasteiger charge is -2.33. The lowest BCUT2D eigenvalue weighted by Crippen LogP contribution is -2.44. The fourth-order valence-corrected chi connectivity index (χ4v) is 2.72. The Bertz CT molecular complexity index is 411. The standard InChI is InChI=1S/C10H17N5OS/c1-12-9(16)7-8(11)13-17-10(7)15-5-3-14(2)4-6-15/h3-6H2,1-2H3,(H2,11,13)(H,12,16). The van der Waals surface area contributed by atoms with Crippen LogP contribution in [-0.2, 0) is 0 Å². The maximum Gasteiger partial charge on any atom is 0.257 e. The van der Waals surface area contributed by atoms with Crippen LogP contribution in [0.25, 0.3) is 0 Å². The molecule has 0 aliphatic carbocycles. The number of anilines is 2. The van der Waals surface area contributed by atoms with Gasteiger partial charge < -0.3 is 20.9 Å². The number of rotatable bonds is 2. The van der Waals surface area contributed by atoms with E-state index in [1.807, 2.05) is 0 Å². The van der Waals surface area contributed by atoms with Crippen molar-refractivity contribution >= 4 is 28.3 Å². The molecule has 0 saturated carbocycles. The summed E-state index contributed by atoms with van der Waals surface area (Å²) in [6.45, 7) is 3.79. The van der Waals surface area contributed by atoms with Crippen LogP contribution in [0.1, 0.15) is 10.4 Å². The molecule has 1 amide bonds. The summed E-state index contributed by atoms with van der Waals surface area (Å²) >= 11 is 1.30. The Morgan fingerprint density at radius 2 is 2.06 bits per heavy atom. The normalized spacial score (nSPS) is 17.2. The summed E-state index contributed by atoms with van der Waals surface area (Å²) in [5.41, 5.74) is 6.27. The number of piperazine rings is 1. The predicted molar refractivity (Wildman–Crippen MR) is 69.6 cm³/mol. The number of nitrogens with zero attached hydrogens (tertiary/aromatic N) is 3. The van der Waals surface area contributed by atoms with E-state index in [0.717, 1.165) is 31.2 Å². The summed E-state index contributed by atoms with van der Waals surface area (Å²) in [4.78, 5) is 16.2. The minimum absolute atomic E-state index is 0.162. The van der Waals surface area contributed by atoms with Crippen LogP contribution in [0, 0.1) is 0 Å². The smallest absolute Gasteiger partial charge is 0.257 e. The van der Waals surface area contributed by atoms with Crippen LogP contribution in [0.5, 0.6) is 0 Å². The molecule has 0 atom stereocenters. The maximum atomic E-state index is 11.8. The Labute approximate surface area is 105 Å². The number of nitrogens with two attached hydrogens (primary N) is 1. The molecule has 0 spiro atoms. The van der Waals surface area contributed by atoms with Gasteiger partial charge in [-0.15, -0.1) is 0 Å². The highest BCUT2D eigenvalue weighted by molar-refractivity contribution is 7.11. The first-order valence-corrected chi connectivity index (χ1v) is 6.31. The van der Waals surface area contributed by atoms with E-state index >= 15 is 0 Å². The largest absolute Gasteiger partial charge is 0.382 e. The number of nitrogen functional groups attached to an aromatic ring is 1. The van der Waals surface area contributed by atoms with Crippen molar-refractivity contribution in [1.82, 2.24) is 14.6 Å². The van der Waals surface area contributed by atoms with E-state index < -0.39 is 0 Å². The predicted octanol–water partition coefficient (Wildman–Crippen LogP) is -0.163. The lowest BCUT2D eigenvalue weighted by molar-refractivity contribution is 0.0964. The topological polar surface area (TPSA) is 74.5 Å². The molecule has 2 rings (SSSR count). The van der Waals surface area contributed by atoms with Crippen molar-refractivity contribution in [3.05, 3.63) is 5.56 Å². The first-order valence-electron chi connectivity index (χ1n) is 5.54. The average Bonchev–Trinajstić information content (AvgIpc) is 2.71. The van der Waals surface area contributed by atoms with Crippen molar-refractivity contribution in [3.63, 3.8) is 0 Å². The van der Waals surface area contributed by atoms with E-state index in [9.17, 15) is 4.79 Å². The molecule has 0 bridgehead atoms. The van der Waals surface area contributed by atoms with E-state index in [2.05, 4.69) is 26.5 Å². The molecule has 1 aliphatic heterocycles. The van der Waals surface area contributed by atoms with Gasteiger partial charge in [0.05, 0.1) is 0 Å². The van der Waals surface area contributed by atoms with Gasteiger partial charge in [-0.25, -0.2) is 0 Å². The van der Waals surface area contributed by atoms with E-state index in [4.69, 9.17) is 5.73 Å². The monoisotopic (exact) mass is 255 g/mol. The summed E-state index contributed by atoms with van der Waals surface area (Å²) in [7, 11) is 3.70. The van der Waals surface area contributed by atoms with Gasteiger partial charge in [-0.1, -0.05) is 0 Å². The average molecular weight is 255 g/mol. The van der Waals surface area contributed by atoms with Crippen molar-refractivity contribution in [3.8, 4) is 0 Å². The van der Waals surface area contributed by atoms with Gasteiger partial charge in [0.25, 0.3) is 5.91 Å². The first-order chi connectivity index (χ1) is 8.13. The summed E-state index contributed by atoms with van der Waals surface area (Å²) in [6.07, 6.45) is 0. The van der Waals surface area contributed by atoms with Crippen LogP contribution < -0.4 is 16.0 Å². The molecule has 2 heterocycles. The molecule has 1 fully saturated rings. The maximum absolute atomic E-state index is 11.8. The summed E-state index contributed by atoms with van der Waals surface area (Å²) < 4.78 is 4.08. The van der Waals surface area contributed by atoms with Gasteiger partial charge in [0.15, 0.2) is 5.82 Å². The zero-order valence-electron chi connectivity index (χ0n) is 10.1. The molecule has 0 radical (unpaired) electrons. The molecule has 1 aromatic heterocycles. The van der Waals surface area contributed by atoms with Crippen molar-refractivity contribution < 1.29 is 4.79 Å².